The van der Waals surface area contributed by atoms with Gasteiger partial charge in [-0.3, -0.25) is 4.79 Å². The van der Waals surface area contributed by atoms with Crippen LogP contribution in [0.25, 0.3) is 0 Å². The van der Waals surface area contributed by atoms with E-state index in [1.165, 1.54) is 9.79 Å². The minimum Gasteiger partial charge on any atom is -0.316 e. The van der Waals surface area contributed by atoms with Gasteiger partial charge in [0.1, 0.15) is 16.9 Å². The van der Waals surface area contributed by atoms with Gasteiger partial charge in [0.15, 0.2) is 0 Å². The van der Waals surface area contributed by atoms with Crippen LogP contribution in [0, 0.1) is 6.92 Å². The summed E-state index contributed by atoms with van der Waals surface area (Å²) in [5.41, 5.74) is 0.486. The SMILES string of the molecule is Cc1cc(N2OC(C)(C)C(C)(C)O2)cn(C)c1=O. The maximum absolute atomic E-state index is 11.7. The van der Waals surface area contributed by atoms with E-state index in [9.17, 15) is 4.79 Å². The minimum atomic E-state index is -0.435. The molecule has 0 N–H and O–H groups in total. The van der Waals surface area contributed by atoms with Crippen LogP contribution in [-0.2, 0) is 16.7 Å². The van der Waals surface area contributed by atoms with Gasteiger partial charge in [-0.05, 0) is 40.7 Å². The molecule has 0 radical (unpaired) electrons. The van der Waals surface area contributed by atoms with Crippen molar-refractivity contribution >= 4 is 5.69 Å². The maximum Gasteiger partial charge on any atom is 0.253 e. The van der Waals surface area contributed by atoms with Crippen LogP contribution >= 0.6 is 0 Å². The molecule has 1 aliphatic rings. The van der Waals surface area contributed by atoms with E-state index in [4.69, 9.17) is 9.68 Å². The van der Waals surface area contributed by atoms with Gasteiger partial charge < -0.3 is 4.57 Å². The van der Waals surface area contributed by atoms with Crippen LogP contribution in [-0.4, -0.2) is 15.8 Å². The number of aromatic nitrogens is 1. The third-order valence-corrected chi connectivity index (χ3v) is 3.63. The van der Waals surface area contributed by atoms with Crippen LogP contribution in [0.15, 0.2) is 17.1 Å². The molecule has 0 aromatic carbocycles. The molecule has 18 heavy (non-hydrogen) atoms. The molecule has 0 bridgehead atoms. The Kier molecular flexibility index (Phi) is 2.79. The first-order valence-electron chi connectivity index (χ1n) is 6.00. The van der Waals surface area contributed by atoms with Gasteiger partial charge in [-0.2, -0.15) is 0 Å². The number of aryl methyl sites for hydroxylation is 2. The zero-order valence-electron chi connectivity index (χ0n) is 11.8. The van der Waals surface area contributed by atoms with Gasteiger partial charge in [0, 0.05) is 18.8 Å². The first-order chi connectivity index (χ1) is 8.14. The normalized spacial score (nSPS) is 21.3. The fraction of sp³-hybridized carbons (Fsp3) is 0.615. The molecule has 2 heterocycles. The molecule has 100 valence electrons. The van der Waals surface area contributed by atoms with Crippen molar-refractivity contribution in [2.75, 3.05) is 5.23 Å². The van der Waals surface area contributed by atoms with Crippen LogP contribution in [0.1, 0.15) is 33.3 Å². The third-order valence-electron chi connectivity index (χ3n) is 3.63. The summed E-state index contributed by atoms with van der Waals surface area (Å²) in [5, 5.41) is 1.40. The second-order valence-electron chi connectivity index (χ2n) is 5.76. The van der Waals surface area contributed by atoms with Crippen molar-refractivity contribution in [2.24, 2.45) is 7.05 Å². The second kappa shape index (κ2) is 3.83. The summed E-state index contributed by atoms with van der Waals surface area (Å²) >= 11 is 0. The zero-order valence-corrected chi connectivity index (χ0v) is 11.8. The van der Waals surface area contributed by atoms with Crippen molar-refractivity contribution in [2.45, 2.75) is 45.8 Å². The van der Waals surface area contributed by atoms with E-state index in [-0.39, 0.29) is 5.56 Å². The summed E-state index contributed by atoms with van der Waals surface area (Å²) in [7, 11) is 1.71. The van der Waals surface area contributed by atoms with Gasteiger partial charge in [0.25, 0.3) is 5.56 Å². The number of pyridine rings is 1. The maximum atomic E-state index is 11.7. The van der Waals surface area contributed by atoms with Crippen molar-refractivity contribution in [1.82, 2.24) is 4.57 Å². The summed E-state index contributed by atoms with van der Waals surface area (Å²) in [6.07, 6.45) is 1.70. The number of hydrogen-bond acceptors (Lipinski definition) is 4. The third kappa shape index (κ3) is 1.93. The highest BCUT2D eigenvalue weighted by atomic mass is 17.0. The molecule has 5 heteroatoms. The van der Waals surface area contributed by atoms with Crippen molar-refractivity contribution in [3.05, 3.63) is 28.2 Å². The van der Waals surface area contributed by atoms with Crippen molar-refractivity contribution in [1.29, 1.82) is 0 Å². The van der Waals surface area contributed by atoms with Crippen molar-refractivity contribution in [3.8, 4) is 0 Å². The molecule has 1 saturated heterocycles. The molecule has 1 aromatic heterocycles. The van der Waals surface area contributed by atoms with Crippen molar-refractivity contribution in [3.63, 3.8) is 0 Å². The first-order valence-corrected chi connectivity index (χ1v) is 6.00. The molecule has 0 spiro atoms. The Labute approximate surface area is 107 Å². The van der Waals surface area contributed by atoms with Crippen molar-refractivity contribution < 1.29 is 9.68 Å². The largest absolute Gasteiger partial charge is 0.316 e. The lowest BCUT2D eigenvalue weighted by Crippen LogP contribution is -2.41. The van der Waals surface area contributed by atoms with Crippen LogP contribution in [0.3, 0.4) is 0 Å². The van der Waals surface area contributed by atoms with E-state index in [0.29, 0.717) is 11.3 Å². The van der Waals surface area contributed by atoms with Crippen LogP contribution in [0.5, 0.6) is 0 Å². The predicted octanol–water partition coefficient (Wildman–Crippen LogP) is 1.93. The zero-order chi connectivity index (χ0) is 13.7. The minimum absolute atomic E-state index is 0.0172. The van der Waals surface area contributed by atoms with Gasteiger partial charge in [-0.25, -0.2) is 9.68 Å². The molecule has 1 aromatic rings. The quantitative estimate of drug-likeness (QED) is 0.766. The molecular weight excluding hydrogens is 232 g/mol. The first kappa shape index (κ1) is 13.1. The van der Waals surface area contributed by atoms with E-state index in [1.807, 2.05) is 27.7 Å². The Bertz CT molecular complexity index is 489. The van der Waals surface area contributed by atoms with E-state index in [0.717, 1.165) is 0 Å². The Morgan fingerprint density at radius 2 is 1.61 bits per heavy atom. The summed E-state index contributed by atoms with van der Waals surface area (Å²) in [6, 6.07) is 1.76. The topological polar surface area (TPSA) is 43.7 Å². The molecule has 1 aliphatic heterocycles. The average molecular weight is 252 g/mol. The molecule has 2 rings (SSSR count). The van der Waals surface area contributed by atoms with Gasteiger partial charge in [-0.15, -0.1) is 5.23 Å². The lowest BCUT2D eigenvalue weighted by atomic mass is 9.90. The second-order valence-corrected chi connectivity index (χ2v) is 5.76. The number of hydrogen-bond donors (Lipinski definition) is 0. The van der Waals surface area contributed by atoms with E-state index in [2.05, 4.69) is 0 Å². The summed E-state index contributed by atoms with van der Waals surface area (Å²) in [4.78, 5) is 23.2. The summed E-state index contributed by atoms with van der Waals surface area (Å²) in [6.45, 7) is 9.67. The van der Waals surface area contributed by atoms with Crippen LogP contribution in [0.2, 0.25) is 0 Å². The summed E-state index contributed by atoms with van der Waals surface area (Å²) < 4.78 is 1.52. The monoisotopic (exact) mass is 252 g/mol. The molecule has 0 saturated carbocycles. The lowest BCUT2D eigenvalue weighted by Gasteiger charge is -2.26. The highest BCUT2D eigenvalue weighted by Gasteiger charge is 2.50. The van der Waals surface area contributed by atoms with E-state index >= 15 is 0 Å². The molecular formula is C13H20N2O3. The molecule has 0 unspecified atom stereocenters. The Hall–Kier alpha value is -1.33. The van der Waals surface area contributed by atoms with Gasteiger partial charge in [0.05, 0.1) is 0 Å². The fourth-order valence-corrected chi connectivity index (χ4v) is 1.71. The Morgan fingerprint density at radius 3 is 2.06 bits per heavy atom. The molecule has 0 atom stereocenters. The van der Waals surface area contributed by atoms with E-state index < -0.39 is 11.2 Å². The van der Waals surface area contributed by atoms with E-state index in [1.54, 1.807) is 26.2 Å². The van der Waals surface area contributed by atoms with Gasteiger partial charge in [-0.1, -0.05) is 0 Å². The van der Waals surface area contributed by atoms with Crippen LogP contribution < -0.4 is 10.8 Å². The number of rotatable bonds is 1. The van der Waals surface area contributed by atoms with Gasteiger partial charge in [0.2, 0.25) is 0 Å². The van der Waals surface area contributed by atoms with Gasteiger partial charge >= 0.3 is 0 Å². The average Bonchev–Trinajstić information content (AvgIpc) is 2.44. The Balaban J connectivity index is 2.39. The Morgan fingerprint density at radius 1 is 1.11 bits per heavy atom. The molecule has 1 fully saturated rings. The van der Waals surface area contributed by atoms with Crippen LogP contribution in [0.4, 0.5) is 5.69 Å². The smallest absolute Gasteiger partial charge is 0.253 e. The highest BCUT2D eigenvalue weighted by Crippen LogP contribution is 2.39. The number of nitrogens with zero attached hydrogens (tertiary/aromatic N) is 2. The molecule has 0 amide bonds. The summed E-state index contributed by atoms with van der Waals surface area (Å²) in [5.74, 6) is 0. The molecule has 0 aliphatic carbocycles. The predicted molar refractivity (Wildman–Crippen MR) is 69.2 cm³/mol. The standard InChI is InChI=1S/C13H20N2O3/c1-9-7-10(8-14(6)11(9)16)15-17-12(2,3)13(4,5)18-15/h7-8H,1-6H3. The molecule has 5 nitrogen and oxygen atoms in total. The lowest BCUT2D eigenvalue weighted by molar-refractivity contribution is -0.0276. The number of anilines is 1. The highest BCUT2D eigenvalue weighted by molar-refractivity contribution is 5.42. The fourth-order valence-electron chi connectivity index (χ4n) is 1.71.